The Kier molecular flexibility index (Phi) is 2.12. The number of hydrogen-bond donors (Lipinski definition) is 1. The summed E-state index contributed by atoms with van der Waals surface area (Å²) in [6.45, 7) is 3.38. The Morgan fingerprint density at radius 3 is 2.73 bits per heavy atom. The molecular formula is C9H8ClN3O2. The lowest BCUT2D eigenvalue weighted by atomic mass is 10.1. The van der Waals surface area contributed by atoms with Crippen LogP contribution >= 0.6 is 11.6 Å². The SMILES string of the molecule is Cc1c(C(=O)O)c(C)n2ncnc(Cl)c12. The van der Waals surface area contributed by atoms with Gasteiger partial charge in [0, 0.05) is 0 Å². The lowest BCUT2D eigenvalue weighted by molar-refractivity contribution is 0.0695. The second-order valence-corrected chi connectivity index (χ2v) is 3.56. The van der Waals surface area contributed by atoms with Gasteiger partial charge < -0.3 is 5.11 Å². The summed E-state index contributed by atoms with van der Waals surface area (Å²) < 4.78 is 1.49. The maximum Gasteiger partial charge on any atom is 0.337 e. The van der Waals surface area contributed by atoms with E-state index in [1.807, 2.05) is 0 Å². The van der Waals surface area contributed by atoms with Crippen LogP contribution in [-0.4, -0.2) is 25.7 Å². The first-order chi connectivity index (χ1) is 7.04. The Bertz CT molecular complexity index is 562. The van der Waals surface area contributed by atoms with E-state index in [2.05, 4.69) is 10.1 Å². The molecule has 2 rings (SSSR count). The number of nitrogens with zero attached hydrogens (tertiary/aromatic N) is 3. The van der Waals surface area contributed by atoms with E-state index in [4.69, 9.17) is 16.7 Å². The Morgan fingerprint density at radius 1 is 1.53 bits per heavy atom. The molecule has 78 valence electrons. The molecule has 0 saturated heterocycles. The molecule has 0 saturated carbocycles. The fourth-order valence-corrected chi connectivity index (χ4v) is 1.98. The lowest BCUT2D eigenvalue weighted by Gasteiger charge is -1.96. The van der Waals surface area contributed by atoms with Crippen LogP contribution in [-0.2, 0) is 0 Å². The molecule has 2 heterocycles. The zero-order chi connectivity index (χ0) is 11.2. The molecular weight excluding hydrogens is 218 g/mol. The van der Waals surface area contributed by atoms with E-state index in [0.29, 0.717) is 16.8 Å². The maximum atomic E-state index is 11.0. The number of aromatic nitrogens is 3. The van der Waals surface area contributed by atoms with Crippen LogP contribution in [0.4, 0.5) is 0 Å². The van der Waals surface area contributed by atoms with Crippen molar-refractivity contribution in [3.8, 4) is 0 Å². The van der Waals surface area contributed by atoms with Gasteiger partial charge in [-0.2, -0.15) is 5.10 Å². The summed E-state index contributed by atoms with van der Waals surface area (Å²) in [6.07, 6.45) is 1.30. The van der Waals surface area contributed by atoms with Crippen molar-refractivity contribution in [1.82, 2.24) is 14.6 Å². The number of fused-ring (bicyclic) bond motifs is 1. The predicted octanol–water partition coefficient (Wildman–Crippen LogP) is 1.70. The van der Waals surface area contributed by atoms with Crippen molar-refractivity contribution in [3.05, 3.63) is 28.3 Å². The molecule has 0 aliphatic rings. The number of carboxylic acid groups (broad SMARTS) is 1. The largest absolute Gasteiger partial charge is 0.478 e. The Balaban J connectivity index is 2.98. The van der Waals surface area contributed by atoms with Gasteiger partial charge in [0.05, 0.1) is 11.3 Å². The van der Waals surface area contributed by atoms with Gasteiger partial charge in [-0.15, -0.1) is 0 Å². The molecule has 0 unspecified atom stereocenters. The minimum atomic E-state index is -0.980. The molecule has 15 heavy (non-hydrogen) atoms. The van der Waals surface area contributed by atoms with Crippen LogP contribution in [0.3, 0.4) is 0 Å². The van der Waals surface area contributed by atoms with E-state index >= 15 is 0 Å². The van der Waals surface area contributed by atoms with Gasteiger partial charge in [0.1, 0.15) is 11.8 Å². The first-order valence-corrected chi connectivity index (χ1v) is 4.63. The molecule has 2 aromatic heterocycles. The average molecular weight is 226 g/mol. The van der Waals surface area contributed by atoms with E-state index < -0.39 is 5.97 Å². The predicted molar refractivity (Wildman–Crippen MR) is 54.4 cm³/mol. The van der Waals surface area contributed by atoms with Gasteiger partial charge in [0.15, 0.2) is 5.15 Å². The van der Waals surface area contributed by atoms with Crippen molar-refractivity contribution in [1.29, 1.82) is 0 Å². The van der Waals surface area contributed by atoms with Gasteiger partial charge in [-0.05, 0) is 19.4 Å². The van der Waals surface area contributed by atoms with Crippen molar-refractivity contribution in [3.63, 3.8) is 0 Å². The molecule has 1 N–H and O–H groups in total. The van der Waals surface area contributed by atoms with Crippen LogP contribution < -0.4 is 0 Å². The van der Waals surface area contributed by atoms with Gasteiger partial charge in [-0.3, -0.25) is 0 Å². The Labute approximate surface area is 90.3 Å². The van der Waals surface area contributed by atoms with Crippen LogP contribution in [0.15, 0.2) is 6.33 Å². The standard InChI is InChI=1S/C9H8ClN3O2/c1-4-6(9(14)15)5(2)13-7(4)8(10)11-3-12-13/h3H,1-2H3,(H,14,15). The first-order valence-electron chi connectivity index (χ1n) is 4.25. The normalized spacial score (nSPS) is 10.9. The number of aryl methyl sites for hydroxylation is 2. The smallest absolute Gasteiger partial charge is 0.337 e. The third kappa shape index (κ3) is 1.27. The topological polar surface area (TPSA) is 67.5 Å². The summed E-state index contributed by atoms with van der Waals surface area (Å²) in [5.74, 6) is -0.980. The number of carboxylic acids is 1. The average Bonchev–Trinajstić information content (AvgIpc) is 2.40. The number of carbonyl (C=O) groups is 1. The van der Waals surface area contributed by atoms with Crippen LogP contribution in [0.2, 0.25) is 5.15 Å². The van der Waals surface area contributed by atoms with Gasteiger partial charge in [0.2, 0.25) is 0 Å². The van der Waals surface area contributed by atoms with Gasteiger partial charge >= 0.3 is 5.97 Å². The first kappa shape index (κ1) is 9.92. The van der Waals surface area contributed by atoms with E-state index in [9.17, 15) is 4.79 Å². The zero-order valence-corrected chi connectivity index (χ0v) is 8.91. The Morgan fingerprint density at radius 2 is 2.20 bits per heavy atom. The molecule has 5 nitrogen and oxygen atoms in total. The van der Waals surface area contributed by atoms with E-state index in [1.165, 1.54) is 10.8 Å². The molecule has 6 heteroatoms. The highest BCUT2D eigenvalue weighted by Crippen LogP contribution is 2.25. The minimum absolute atomic E-state index is 0.234. The van der Waals surface area contributed by atoms with Gasteiger partial charge in [-0.25, -0.2) is 14.3 Å². The van der Waals surface area contributed by atoms with Crippen molar-refractivity contribution in [2.45, 2.75) is 13.8 Å². The van der Waals surface area contributed by atoms with Crippen molar-refractivity contribution in [2.24, 2.45) is 0 Å². The summed E-state index contributed by atoms with van der Waals surface area (Å²) in [7, 11) is 0. The van der Waals surface area contributed by atoms with E-state index in [1.54, 1.807) is 13.8 Å². The quantitative estimate of drug-likeness (QED) is 0.802. The molecule has 0 spiro atoms. The van der Waals surface area contributed by atoms with Crippen molar-refractivity contribution in [2.75, 3.05) is 0 Å². The fraction of sp³-hybridized carbons (Fsp3) is 0.222. The third-order valence-electron chi connectivity index (χ3n) is 2.37. The fourth-order valence-electron chi connectivity index (χ4n) is 1.71. The third-order valence-corrected chi connectivity index (χ3v) is 2.65. The number of rotatable bonds is 1. The number of halogens is 1. The minimum Gasteiger partial charge on any atom is -0.478 e. The van der Waals surface area contributed by atoms with Crippen LogP contribution in [0.1, 0.15) is 21.6 Å². The van der Waals surface area contributed by atoms with Crippen LogP contribution in [0, 0.1) is 13.8 Å². The highest BCUT2D eigenvalue weighted by Gasteiger charge is 2.20. The van der Waals surface area contributed by atoms with E-state index in [-0.39, 0.29) is 10.7 Å². The second-order valence-electron chi connectivity index (χ2n) is 3.20. The number of aromatic carboxylic acids is 1. The molecule has 0 amide bonds. The summed E-state index contributed by atoms with van der Waals surface area (Å²) in [5, 5.41) is 13.3. The Hall–Kier alpha value is -1.62. The molecule has 0 radical (unpaired) electrons. The molecule has 0 aliphatic carbocycles. The highest BCUT2D eigenvalue weighted by molar-refractivity contribution is 6.32. The van der Waals surface area contributed by atoms with Crippen LogP contribution in [0.5, 0.6) is 0 Å². The zero-order valence-electron chi connectivity index (χ0n) is 8.15. The molecule has 0 atom stereocenters. The second kappa shape index (κ2) is 3.20. The summed E-state index contributed by atoms with van der Waals surface area (Å²) >= 11 is 5.89. The van der Waals surface area contributed by atoms with Gasteiger partial charge in [0.25, 0.3) is 0 Å². The number of hydrogen-bond acceptors (Lipinski definition) is 3. The van der Waals surface area contributed by atoms with E-state index in [0.717, 1.165) is 0 Å². The van der Waals surface area contributed by atoms with Crippen molar-refractivity contribution >= 4 is 23.1 Å². The lowest BCUT2D eigenvalue weighted by Crippen LogP contribution is -2.00. The van der Waals surface area contributed by atoms with Gasteiger partial charge in [-0.1, -0.05) is 11.6 Å². The highest BCUT2D eigenvalue weighted by atomic mass is 35.5. The monoisotopic (exact) mass is 225 g/mol. The molecule has 0 bridgehead atoms. The molecule has 2 aromatic rings. The van der Waals surface area contributed by atoms with Crippen molar-refractivity contribution < 1.29 is 9.90 Å². The molecule has 0 aliphatic heterocycles. The summed E-state index contributed by atoms with van der Waals surface area (Å²) in [5.41, 5.74) is 1.93. The summed E-state index contributed by atoms with van der Waals surface area (Å²) in [6, 6.07) is 0. The molecule has 0 aromatic carbocycles. The maximum absolute atomic E-state index is 11.0. The molecule has 0 fully saturated rings. The summed E-state index contributed by atoms with van der Waals surface area (Å²) in [4.78, 5) is 14.8. The van der Waals surface area contributed by atoms with Crippen LogP contribution in [0.25, 0.3) is 5.52 Å².